The highest BCUT2D eigenvalue weighted by atomic mass is 16.3. The van der Waals surface area contributed by atoms with Crippen LogP contribution in [-0.4, -0.2) is 24.0 Å². The molecule has 3 nitrogen and oxygen atoms in total. The van der Waals surface area contributed by atoms with Crippen LogP contribution in [0, 0.1) is 11.3 Å². The molecule has 3 N–H and O–H groups in total. The van der Waals surface area contributed by atoms with Gasteiger partial charge in [-0.3, -0.25) is 4.79 Å². The molecule has 0 aliphatic heterocycles. The van der Waals surface area contributed by atoms with E-state index < -0.39 is 0 Å². The van der Waals surface area contributed by atoms with Gasteiger partial charge in [0.2, 0.25) is 0 Å². The van der Waals surface area contributed by atoms with E-state index in [1.807, 2.05) is 19.9 Å². The summed E-state index contributed by atoms with van der Waals surface area (Å²) in [5.74, 6) is 1.08. The lowest BCUT2D eigenvalue weighted by Crippen LogP contribution is -2.28. The molecule has 23 heavy (non-hydrogen) atoms. The zero-order chi connectivity index (χ0) is 17.3. The second-order valence-electron chi connectivity index (χ2n) is 7.19. The van der Waals surface area contributed by atoms with E-state index in [1.165, 1.54) is 5.56 Å². The SMILES string of the molecule is CCC(CN)CC(CC(C)(C)C(=O)CCCO)c1ccccc1. The van der Waals surface area contributed by atoms with Gasteiger partial charge in [0.25, 0.3) is 0 Å². The maximum Gasteiger partial charge on any atom is 0.138 e. The number of hydrogen-bond acceptors (Lipinski definition) is 3. The highest BCUT2D eigenvalue weighted by Crippen LogP contribution is 2.37. The summed E-state index contributed by atoms with van der Waals surface area (Å²) in [5, 5.41) is 8.96. The molecule has 2 unspecified atom stereocenters. The molecule has 2 atom stereocenters. The van der Waals surface area contributed by atoms with Crippen LogP contribution in [0.3, 0.4) is 0 Å². The van der Waals surface area contributed by atoms with Crippen LogP contribution in [0.5, 0.6) is 0 Å². The highest BCUT2D eigenvalue weighted by Gasteiger charge is 2.31. The molecule has 0 amide bonds. The number of Topliss-reactive ketones (excluding diaryl/α,β-unsaturated/α-hetero) is 1. The minimum Gasteiger partial charge on any atom is -0.396 e. The summed E-state index contributed by atoms with van der Waals surface area (Å²) in [5.41, 5.74) is 6.83. The predicted molar refractivity (Wildman–Crippen MR) is 96.4 cm³/mol. The Morgan fingerprint density at radius 3 is 2.43 bits per heavy atom. The van der Waals surface area contributed by atoms with E-state index in [1.54, 1.807) is 0 Å². The van der Waals surface area contributed by atoms with Gasteiger partial charge in [0.1, 0.15) is 5.78 Å². The average molecular weight is 319 g/mol. The molecule has 0 aromatic heterocycles. The maximum atomic E-state index is 12.5. The lowest BCUT2D eigenvalue weighted by atomic mass is 9.73. The Hall–Kier alpha value is -1.19. The van der Waals surface area contributed by atoms with Crippen LogP contribution >= 0.6 is 0 Å². The van der Waals surface area contributed by atoms with Crippen molar-refractivity contribution >= 4 is 5.78 Å². The topological polar surface area (TPSA) is 63.3 Å². The van der Waals surface area contributed by atoms with Gasteiger partial charge in [0, 0.05) is 18.4 Å². The van der Waals surface area contributed by atoms with Crippen molar-refractivity contribution in [1.82, 2.24) is 0 Å². The van der Waals surface area contributed by atoms with Crippen molar-refractivity contribution in [2.75, 3.05) is 13.2 Å². The molecular formula is C20H33NO2. The molecule has 0 radical (unpaired) electrons. The van der Waals surface area contributed by atoms with E-state index in [0.29, 0.717) is 31.2 Å². The number of ketones is 1. The van der Waals surface area contributed by atoms with Crippen LogP contribution in [0.15, 0.2) is 30.3 Å². The van der Waals surface area contributed by atoms with Gasteiger partial charge in [0.05, 0.1) is 0 Å². The normalized spacial score (nSPS) is 14.5. The Balaban J connectivity index is 2.89. The van der Waals surface area contributed by atoms with Gasteiger partial charge in [-0.25, -0.2) is 0 Å². The molecule has 0 saturated carbocycles. The van der Waals surface area contributed by atoms with Crippen molar-refractivity contribution in [3.05, 3.63) is 35.9 Å². The molecule has 0 heterocycles. The van der Waals surface area contributed by atoms with Gasteiger partial charge in [0.15, 0.2) is 0 Å². The van der Waals surface area contributed by atoms with Crippen LogP contribution < -0.4 is 5.73 Å². The van der Waals surface area contributed by atoms with Crippen LogP contribution in [-0.2, 0) is 4.79 Å². The Bertz CT molecular complexity index is 452. The zero-order valence-corrected chi connectivity index (χ0v) is 14.9. The van der Waals surface area contributed by atoms with Crippen molar-refractivity contribution in [2.45, 2.75) is 58.8 Å². The molecule has 0 aliphatic carbocycles. The molecule has 0 bridgehead atoms. The maximum absolute atomic E-state index is 12.5. The fourth-order valence-corrected chi connectivity index (χ4v) is 3.20. The number of nitrogens with two attached hydrogens (primary N) is 1. The van der Waals surface area contributed by atoms with E-state index in [4.69, 9.17) is 10.8 Å². The Morgan fingerprint density at radius 2 is 1.91 bits per heavy atom. The summed E-state index contributed by atoms with van der Waals surface area (Å²) in [7, 11) is 0. The molecule has 3 heteroatoms. The number of benzene rings is 1. The number of carbonyl (C=O) groups excluding carboxylic acids is 1. The number of aliphatic hydroxyl groups is 1. The number of rotatable bonds is 11. The molecule has 1 aromatic carbocycles. The van der Waals surface area contributed by atoms with Crippen LogP contribution in [0.2, 0.25) is 0 Å². The van der Waals surface area contributed by atoms with E-state index in [2.05, 4.69) is 31.2 Å². The van der Waals surface area contributed by atoms with Crippen LogP contribution in [0.1, 0.15) is 64.4 Å². The molecule has 130 valence electrons. The Morgan fingerprint density at radius 1 is 1.26 bits per heavy atom. The van der Waals surface area contributed by atoms with Gasteiger partial charge in [-0.1, -0.05) is 57.5 Å². The van der Waals surface area contributed by atoms with E-state index in [0.717, 1.165) is 19.3 Å². The third kappa shape index (κ3) is 6.44. The molecule has 0 saturated heterocycles. The minimum absolute atomic E-state index is 0.0784. The zero-order valence-electron chi connectivity index (χ0n) is 14.9. The first kappa shape index (κ1) is 19.9. The summed E-state index contributed by atoms with van der Waals surface area (Å²) in [6.45, 7) is 7.02. The van der Waals surface area contributed by atoms with E-state index >= 15 is 0 Å². The fraction of sp³-hybridized carbons (Fsp3) is 0.650. The quantitative estimate of drug-likeness (QED) is 0.650. The predicted octanol–water partition coefficient (Wildman–Crippen LogP) is 3.90. The average Bonchev–Trinajstić information content (AvgIpc) is 2.56. The van der Waals surface area contributed by atoms with E-state index in [-0.39, 0.29) is 17.8 Å². The van der Waals surface area contributed by atoms with Crippen molar-refractivity contribution in [3.8, 4) is 0 Å². The molecular weight excluding hydrogens is 286 g/mol. The lowest BCUT2D eigenvalue weighted by Gasteiger charge is -2.31. The molecule has 0 fully saturated rings. The molecule has 0 aliphatic rings. The number of aliphatic hydroxyl groups excluding tert-OH is 1. The molecule has 1 aromatic rings. The fourth-order valence-electron chi connectivity index (χ4n) is 3.20. The summed E-state index contributed by atoms with van der Waals surface area (Å²) >= 11 is 0. The Labute approximate surface area is 141 Å². The smallest absolute Gasteiger partial charge is 0.138 e. The van der Waals surface area contributed by atoms with Crippen molar-refractivity contribution in [1.29, 1.82) is 0 Å². The molecule has 0 spiro atoms. The largest absolute Gasteiger partial charge is 0.396 e. The van der Waals surface area contributed by atoms with Crippen LogP contribution in [0.4, 0.5) is 0 Å². The van der Waals surface area contributed by atoms with Gasteiger partial charge in [-0.05, 0) is 43.2 Å². The second kappa shape index (κ2) is 9.84. The second-order valence-corrected chi connectivity index (χ2v) is 7.19. The summed E-state index contributed by atoms with van der Waals surface area (Å²) < 4.78 is 0. The number of hydrogen-bond donors (Lipinski definition) is 2. The standard InChI is InChI=1S/C20H33NO2/c1-4-16(15-21)13-18(17-9-6-5-7-10-17)14-20(2,3)19(23)11-8-12-22/h5-7,9-10,16,18,22H,4,8,11-15,21H2,1-3H3. The van der Waals surface area contributed by atoms with Crippen molar-refractivity contribution in [2.24, 2.45) is 17.1 Å². The van der Waals surface area contributed by atoms with Crippen molar-refractivity contribution < 1.29 is 9.90 Å². The summed E-state index contributed by atoms with van der Waals surface area (Å²) in [6.07, 6.45) is 3.93. The summed E-state index contributed by atoms with van der Waals surface area (Å²) in [6, 6.07) is 10.5. The third-order valence-corrected chi connectivity index (χ3v) is 4.87. The van der Waals surface area contributed by atoms with Gasteiger partial charge >= 0.3 is 0 Å². The third-order valence-electron chi connectivity index (χ3n) is 4.87. The minimum atomic E-state index is -0.372. The lowest BCUT2D eigenvalue weighted by molar-refractivity contribution is -0.128. The van der Waals surface area contributed by atoms with Gasteiger partial charge in [-0.2, -0.15) is 0 Å². The first-order chi connectivity index (χ1) is 10.9. The first-order valence-electron chi connectivity index (χ1n) is 8.83. The van der Waals surface area contributed by atoms with Crippen molar-refractivity contribution in [3.63, 3.8) is 0 Å². The highest BCUT2D eigenvalue weighted by molar-refractivity contribution is 5.84. The van der Waals surface area contributed by atoms with Crippen LogP contribution in [0.25, 0.3) is 0 Å². The van der Waals surface area contributed by atoms with Gasteiger partial charge in [-0.15, -0.1) is 0 Å². The molecule has 1 rings (SSSR count). The summed E-state index contributed by atoms with van der Waals surface area (Å²) in [4.78, 5) is 12.5. The van der Waals surface area contributed by atoms with E-state index in [9.17, 15) is 4.79 Å². The van der Waals surface area contributed by atoms with Gasteiger partial charge < -0.3 is 10.8 Å². The Kier molecular flexibility index (Phi) is 8.49. The monoisotopic (exact) mass is 319 g/mol. The first-order valence-corrected chi connectivity index (χ1v) is 8.83. The number of carbonyl (C=O) groups is 1.